The molecule has 1 aromatic heterocycles. The van der Waals surface area contributed by atoms with E-state index >= 15 is 0 Å². The van der Waals surface area contributed by atoms with Crippen LogP contribution in [0.15, 0.2) is 24.3 Å². The molecule has 0 saturated heterocycles. The molecule has 0 fully saturated rings. The van der Waals surface area contributed by atoms with Gasteiger partial charge in [-0.1, -0.05) is 12.1 Å². The zero-order valence-corrected chi connectivity index (χ0v) is 15.4. The zero-order valence-electron chi connectivity index (χ0n) is 15.4. The average molecular weight is 346 g/mol. The number of hydrogen-bond donors (Lipinski definition) is 1. The second kappa shape index (κ2) is 8.00. The van der Waals surface area contributed by atoms with Crippen molar-refractivity contribution in [1.82, 2.24) is 9.78 Å². The van der Waals surface area contributed by atoms with Gasteiger partial charge in [-0.2, -0.15) is 5.10 Å². The Morgan fingerprint density at radius 2 is 1.92 bits per heavy atom. The van der Waals surface area contributed by atoms with Crippen LogP contribution in [0.2, 0.25) is 0 Å². The predicted molar refractivity (Wildman–Crippen MR) is 98.2 cm³/mol. The van der Waals surface area contributed by atoms with Gasteiger partial charge in [0.05, 0.1) is 11.0 Å². The Hall–Kier alpha value is -2.57. The van der Waals surface area contributed by atoms with Crippen LogP contribution >= 0.6 is 0 Å². The second-order valence-corrected chi connectivity index (χ2v) is 6.56. The van der Waals surface area contributed by atoms with Crippen molar-refractivity contribution in [2.45, 2.75) is 52.7 Å². The lowest BCUT2D eigenvalue weighted by atomic mass is 10.1. The van der Waals surface area contributed by atoms with Crippen molar-refractivity contribution in [2.24, 2.45) is 7.05 Å². The van der Waals surface area contributed by atoms with Crippen LogP contribution in [0.1, 0.15) is 38.4 Å². The smallest absolute Gasteiger partial charge is 0.333 e. The molecule has 2 rings (SSSR count). The average Bonchev–Trinajstić information content (AvgIpc) is 2.80. The zero-order chi connectivity index (χ0) is 18.6. The minimum atomic E-state index is -0.384. The molecular weight excluding hydrogens is 320 g/mol. The number of ether oxygens (including phenoxy) is 1. The third-order valence-electron chi connectivity index (χ3n) is 3.92. The van der Waals surface area contributed by atoms with Crippen LogP contribution < -0.4 is 10.1 Å². The van der Waals surface area contributed by atoms with Crippen molar-refractivity contribution in [2.75, 3.05) is 5.32 Å². The Morgan fingerprint density at radius 1 is 1.28 bits per heavy atom. The van der Waals surface area contributed by atoms with Crippen molar-refractivity contribution in [3.63, 3.8) is 0 Å². The number of nitrogens with one attached hydrogen (secondary N) is 1. The van der Waals surface area contributed by atoms with Crippen molar-refractivity contribution in [3.05, 3.63) is 45.6 Å². The summed E-state index contributed by atoms with van der Waals surface area (Å²) in [6, 6.07) is 8.15. The van der Waals surface area contributed by atoms with Crippen molar-refractivity contribution in [3.8, 4) is 5.75 Å². The first kappa shape index (κ1) is 18.8. The first-order valence-corrected chi connectivity index (χ1v) is 8.48. The summed E-state index contributed by atoms with van der Waals surface area (Å²) in [7, 11) is 1.71. The highest BCUT2D eigenvalue weighted by atomic mass is 16.6. The fourth-order valence-electron chi connectivity index (χ4n) is 2.72. The van der Waals surface area contributed by atoms with Gasteiger partial charge in [0, 0.05) is 13.1 Å². The summed E-state index contributed by atoms with van der Waals surface area (Å²) in [5, 5.41) is 18.6. The van der Waals surface area contributed by atoms with Crippen LogP contribution in [-0.2, 0) is 13.5 Å². The normalized spacial score (nSPS) is 12.2. The van der Waals surface area contributed by atoms with Gasteiger partial charge in [-0.05, 0) is 58.2 Å². The molecule has 0 bridgehead atoms. The monoisotopic (exact) mass is 346 g/mol. The summed E-state index contributed by atoms with van der Waals surface area (Å²) in [6.07, 6.45) is 1.89. The van der Waals surface area contributed by atoms with Crippen molar-refractivity contribution >= 4 is 11.5 Å². The first-order chi connectivity index (χ1) is 11.8. The number of benzene rings is 1. The van der Waals surface area contributed by atoms with Gasteiger partial charge in [0.1, 0.15) is 11.4 Å². The maximum atomic E-state index is 11.2. The highest BCUT2D eigenvalue weighted by Gasteiger charge is 2.24. The molecule has 0 amide bonds. The lowest BCUT2D eigenvalue weighted by Gasteiger charge is -2.15. The predicted octanol–water partition coefficient (Wildman–Crippen LogP) is 3.86. The van der Waals surface area contributed by atoms with E-state index in [1.165, 1.54) is 10.2 Å². The minimum absolute atomic E-state index is 0.0459. The fourth-order valence-corrected chi connectivity index (χ4v) is 2.72. The maximum Gasteiger partial charge on any atom is 0.333 e. The molecule has 1 N–H and O–H groups in total. The van der Waals surface area contributed by atoms with Crippen LogP contribution in [0, 0.1) is 17.0 Å². The number of anilines is 1. The van der Waals surface area contributed by atoms with Gasteiger partial charge < -0.3 is 10.1 Å². The SMILES string of the molecule is Cc1nn(C)c(NC(C)CCc2ccc(OC(C)C)cc2)c1[N+](=O)[O-]. The molecule has 1 heterocycles. The Kier molecular flexibility index (Phi) is 6.01. The van der Waals surface area contributed by atoms with E-state index in [2.05, 4.69) is 22.5 Å². The molecular formula is C18H26N4O3. The van der Waals surface area contributed by atoms with Crippen molar-refractivity contribution < 1.29 is 9.66 Å². The van der Waals surface area contributed by atoms with Gasteiger partial charge in [0.15, 0.2) is 0 Å². The molecule has 136 valence electrons. The Balaban J connectivity index is 1.95. The molecule has 1 unspecified atom stereocenters. The van der Waals surface area contributed by atoms with E-state index in [1.54, 1.807) is 14.0 Å². The maximum absolute atomic E-state index is 11.2. The van der Waals surface area contributed by atoms with E-state index in [-0.39, 0.29) is 22.8 Å². The lowest BCUT2D eigenvalue weighted by Crippen LogP contribution is -2.19. The summed E-state index contributed by atoms with van der Waals surface area (Å²) < 4.78 is 7.17. The minimum Gasteiger partial charge on any atom is -0.491 e. The van der Waals surface area contributed by atoms with Gasteiger partial charge in [0.2, 0.25) is 5.82 Å². The molecule has 0 aliphatic heterocycles. The van der Waals surface area contributed by atoms with E-state index in [0.29, 0.717) is 11.5 Å². The third-order valence-corrected chi connectivity index (χ3v) is 3.92. The molecule has 0 spiro atoms. The summed E-state index contributed by atoms with van der Waals surface area (Å²) in [5.41, 5.74) is 1.67. The van der Waals surface area contributed by atoms with Gasteiger partial charge >= 0.3 is 5.69 Å². The molecule has 25 heavy (non-hydrogen) atoms. The molecule has 1 atom stereocenters. The highest BCUT2D eigenvalue weighted by molar-refractivity contribution is 5.59. The molecule has 7 heteroatoms. The first-order valence-electron chi connectivity index (χ1n) is 8.48. The van der Waals surface area contributed by atoms with Crippen molar-refractivity contribution in [1.29, 1.82) is 0 Å². The van der Waals surface area contributed by atoms with Crippen LogP contribution in [-0.4, -0.2) is 26.8 Å². The molecule has 1 aromatic carbocycles. The van der Waals surface area contributed by atoms with Gasteiger partial charge in [-0.3, -0.25) is 10.1 Å². The van der Waals surface area contributed by atoms with E-state index in [1.807, 2.05) is 32.9 Å². The number of rotatable bonds is 8. The summed E-state index contributed by atoms with van der Waals surface area (Å²) >= 11 is 0. The van der Waals surface area contributed by atoms with Crippen LogP contribution in [0.3, 0.4) is 0 Å². The molecule has 0 saturated carbocycles. The topological polar surface area (TPSA) is 82.2 Å². The van der Waals surface area contributed by atoms with Crippen LogP contribution in [0.5, 0.6) is 5.75 Å². The van der Waals surface area contributed by atoms with Crippen LogP contribution in [0.25, 0.3) is 0 Å². The number of aryl methyl sites for hydroxylation is 3. The molecule has 0 radical (unpaired) electrons. The lowest BCUT2D eigenvalue weighted by molar-refractivity contribution is -0.384. The Bertz CT molecular complexity index is 723. The van der Waals surface area contributed by atoms with E-state index in [4.69, 9.17) is 4.74 Å². The fraction of sp³-hybridized carbons (Fsp3) is 0.500. The summed E-state index contributed by atoms with van der Waals surface area (Å²) in [4.78, 5) is 10.8. The summed E-state index contributed by atoms with van der Waals surface area (Å²) in [6.45, 7) is 7.66. The molecule has 0 aliphatic carbocycles. The molecule has 7 nitrogen and oxygen atoms in total. The Labute approximate surface area is 148 Å². The van der Waals surface area contributed by atoms with Gasteiger partial charge in [-0.15, -0.1) is 0 Å². The van der Waals surface area contributed by atoms with Gasteiger partial charge in [-0.25, -0.2) is 4.68 Å². The number of nitro groups is 1. The standard InChI is InChI=1S/C18H26N4O3/c1-12(2)25-16-10-8-15(9-11-16)7-6-13(3)19-18-17(22(23)24)14(4)20-21(18)5/h8-13,19H,6-7H2,1-5H3. The number of nitrogens with zero attached hydrogens (tertiary/aromatic N) is 3. The molecule has 2 aromatic rings. The number of aromatic nitrogens is 2. The van der Waals surface area contributed by atoms with Crippen LogP contribution in [0.4, 0.5) is 11.5 Å². The third kappa shape index (κ3) is 4.95. The van der Waals surface area contributed by atoms with E-state index in [9.17, 15) is 10.1 Å². The van der Waals surface area contributed by atoms with E-state index < -0.39 is 0 Å². The quantitative estimate of drug-likeness (QED) is 0.580. The highest BCUT2D eigenvalue weighted by Crippen LogP contribution is 2.28. The number of hydrogen-bond acceptors (Lipinski definition) is 5. The summed E-state index contributed by atoms with van der Waals surface area (Å²) in [5.74, 6) is 1.32. The Morgan fingerprint density at radius 3 is 2.48 bits per heavy atom. The molecule has 0 aliphatic rings. The van der Waals surface area contributed by atoms with E-state index in [0.717, 1.165) is 18.6 Å². The largest absolute Gasteiger partial charge is 0.491 e. The second-order valence-electron chi connectivity index (χ2n) is 6.56. The van der Waals surface area contributed by atoms with Gasteiger partial charge in [0.25, 0.3) is 0 Å².